The number of carbonyl (C=O) groups is 3. The molecule has 0 aliphatic rings. The fourth-order valence-electron chi connectivity index (χ4n) is 4.56. The van der Waals surface area contributed by atoms with E-state index in [1.165, 1.54) is 38.1 Å². The fraction of sp³-hybridized carbons (Fsp3) is 0.481. The van der Waals surface area contributed by atoms with Crippen LogP contribution in [0.5, 0.6) is 11.5 Å². The maximum Gasteiger partial charge on any atom is 0.326 e. The molecule has 0 spiro atoms. The average Bonchev–Trinajstić information content (AvgIpc) is 2.80. The standard InChI is InChI=1S/C27H36N2O7/c1-15(2)23(21-10-9-16(3)13-17(21)4)18(5)29(19(6)27(32)33)26(31)24-25(36-14-35-20(7)30)22(34-8)11-12-28-24/h9-13,15,18-19,23H,14H2,1-8H3,(H,32,33)/t18?,19-,23?/m0/s1. The molecule has 36 heavy (non-hydrogen) atoms. The molecule has 3 atom stereocenters. The van der Waals surface area contributed by atoms with Crippen LogP contribution in [-0.2, 0) is 14.3 Å². The first-order valence-corrected chi connectivity index (χ1v) is 11.8. The Morgan fingerprint density at radius 2 is 1.75 bits per heavy atom. The van der Waals surface area contributed by atoms with Crippen molar-refractivity contribution in [1.82, 2.24) is 9.88 Å². The van der Waals surface area contributed by atoms with Crippen LogP contribution in [0.25, 0.3) is 0 Å². The Bertz CT molecular complexity index is 1100. The molecule has 2 rings (SSSR count). The molecule has 0 aliphatic heterocycles. The molecule has 0 bridgehead atoms. The van der Waals surface area contributed by atoms with E-state index in [2.05, 4.69) is 11.1 Å². The number of amides is 1. The zero-order valence-electron chi connectivity index (χ0n) is 22.2. The molecule has 0 radical (unpaired) electrons. The summed E-state index contributed by atoms with van der Waals surface area (Å²) in [6.45, 7) is 12.2. The number of carboxylic acid groups (broad SMARTS) is 1. The van der Waals surface area contributed by atoms with E-state index in [9.17, 15) is 19.5 Å². The quantitative estimate of drug-likeness (QED) is 0.358. The summed E-state index contributed by atoms with van der Waals surface area (Å²) in [5.41, 5.74) is 3.10. The molecule has 0 fully saturated rings. The van der Waals surface area contributed by atoms with Crippen LogP contribution in [0, 0.1) is 19.8 Å². The van der Waals surface area contributed by atoms with E-state index in [4.69, 9.17) is 14.2 Å². The lowest BCUT2D eigenvalue weighted by molar-refractivity contribution is -0.147. The van der Waals surface area contributed by atoms with Crippen LogP contribution in [0.3, 0.4) is 0 Å². The number of hydrogen-bond donors (Lipinski definition) is 1. The topological polar surface area (TPSA) is 115 Å². The van der Waals surface area contributed by atoms with Crippen molar-refractivity contribution in [1.29, 1.82) is 0 Å². The Kier molecular flexibility index (Phi) is 9.84. The van der Waals surface area contributed by atoms with Gasteiger partial charge in [-0.3, -0.25) is 9.59 Å². The van der Waals surface area contributed by atoms with E-state index in [0.29, 0.717) is 0 Å². The number of aryl methyl sites for hydroxylation is 2. The number of carbonyl (C=O) groups excluding carboxylic acids is 2. The number of ether oxygens (including phenoxy) is 3. The average molecular weight is 501 g/mol. The number of nitrogens with zero attached hydrogens (tertiary/aromatic N) is 2. The van der Waals surface area contributed by atoms with Crippen LogP contribution in [0.15, 0.2) is 30.5 Å². The summed E-state index contributed by atoms with van der Waals surface area (Å²) >= 11 is 0. The molecule has 1 aromatic carbocycles. The van der Waals surface area contributed by atoms with Gasteiger partial charge < -0.3 is 24.2 Å². The largest absolute Gasteiger partial charge is 0.493 e. The van der Waals surface area contributed by atoms with Crippen molar-refractivity contribution >= 4 is 17.8 Å². The fourth-order valence-corrected chi connectivity index (χ4v) is 4.56. The van der Waals surface area contributed by atoms with Gasteiger partial charge in [0, 0.05) is 31.1 Å². The van der Waals surface area contributed by atoms with Crippen molar-refractivity contribution < 1.29 is 33.7 Å². The van der Waals surface area contributed by atoms with Crippen molar-refractivity contribution in [2.24, 2.45) is 5.92 Å². The highest BCUT2D eigenvalue weighted by atomic mass is 16.7. The first-order valence-electron chi connectivity index (χ1n) is 11.8. The maximum atomic E-state index is 14.0. The molecule has 0 saturated heterocycles. The number of rotatable bonds is 11. The monoisotopic (exact) mass is 500 g/mol. The van der Waals surface area contributed by atoms with Gasteiger partial charge in [-0.1, -0.05) is 37.6 Å². The van der Waals surface area contributed by atoms with Crippen LogP contribution in [0.4, 0.5) is 0 Å². The van der Waals surface area contributed by atoms with Gasteiger partial charge in [0.25, 0.3) is 5.91 Å². The summed E-state index contributed by atoms with van der Waals surface area (Å²) in [6, 6.07) is 5.96. The lowest BCUT2D eigenvalue weighted by atomic mass is 9.79. The smallest absolute Gasteiger partial charge is 0.326 e. The van der Waals surface area contributed by atoms with Gasteiger partial charge in [-0.05, 0) is 44.7 Å². The molecule has 1 aromatic heterocycles. The molecule has 196 valence electrons. The van der Waals surface area contributed by atoms with Gasteiger partial charge in [0.1, 0.15) is 6.04 Å². The van der Waals surface area contributed by atoms with Gasteiger partial charge >= 0.3 is 11.9 Å². The minimum absolute atomic E-state index is 0.0337. The van der Waals surface area contributed by atoms with E-state index in [1.807, 2.05) is 46.8 Å². The van der Waals surface area contributed by atoms with Crippen molar-refractivity contribution in [3.63, 3.8) is 0 Å². The van der Waals surface area contributed by atoms with Gasteiger partial charge in [-0.25, -0.2) is 9.78 Å². The summed E-state index contributed by atoms with van der Waals surface area (Å²) in [6.07, 6.45) is 1.38. The van der Waals surface area contributed by atoms with Crippen LogP contribution < -0.4 is 9.47 Å². The SMILES string of the molecule is COc1ccnc(C(=O)N(C(C)C(c2ccc(C)cc2C)C(C)C)[C@@H](C)C(=O)O)c1OCOC(C)=O. The number of carboxylic acids is 1. The van der Waals surface area contributed by atoms with E-state index < -0.39 is 36.7 Å². The zero-order chi connectivity index (χ0) is 27.2. The van der Waals surface area contributed by atoms with Crippen LogP contribution >= 0.6 is 0 Å². The van der Waals surface area contributed by atoms with Crippen molar-refractivity contribution in [2.75, 3.05) is 13.9 Å². The first-order chi connectivity index (χ1) is 16.9. The molecular formula is C27H36N2O7. The maximum absolute atomic E-state index is 14.0. The van der Waals surface area contributed by atoms with Crippen LogP contribution in [-0.4, -0.2) is 58.8 Å². The molecule has 9 heteroatoms. The van der Waals surface area contributed by atoms with E-state index >= 15 is 0 Å². The third kappa shape index (κ3) is 6.53. The number of aliphatic carboxylic acids is 1. The highest BCUT2D eigenvalue weighted by Crippen LogP contribution is 2.37. The molecule has 9 nitrogen and oxygen atoms in total. The van der Waals surface area contributed by atoms with E-state index in [1.54, 1.807) is 0 Å². The molecule has 2 aromatic rings. The van der Waals surface area contributed by atoms with Gasteiger partial charge in [0.05, 0.1) is 7.11 Å². The minimum atomic E-state index is -1.16. The van der Waals surface area contributed by atoms with Gasteiger partial charge in [0.15, 0.2) is 17.2 Å². The number of benzene rings is 1. The molecule has 1 N–H and O–H groups in total. The summed E-state index contributed by atoms with van der Waals surface area (Å²) in [5.74, 6) is -2.25. The molecule has 0 saturated carbocycles. The number of methoxy groups -OCH3 is 1. The van der Waals surface area contributed by atoms with Gasteiger partial charge in [-0.2, -0.15) is 0 Å². The number of pyridine rings is 1. The Morgan fingerprint density at radius 1 is 1.08 bits per heavy atom. The zero-order valence-corrected chi connectivity index (χ0v) is 22.2. The van der Waals surface area contributed by atoms with Crippen molar-refractivity contribution in [2.45, 2.75) is 66.5 Å². The predicted octanol–water partition coefficient (Wildman–Crippen LogP) is 4.35. The summed E-state index contributed by atoms with van der Waals surface area (Å²) < 4.78 is 15.8. The van der Waals surface area contributed by atoms with Crippen LogP contribution in [0.1, 0.15) is 67.7 Å². The molecule has 2 unspecified atom stereocenters. The normalized spacial score (nSPS) is 13.5. The first kappa shape index (κ1) is 28.6. The second-order valence-electron chi connectivity index (χ2n) is 9.19. The highest BCUT2D eigenvalue weighted by Gasteiger charge is 2.39. The lowest BCUT2D eigenvalue weighted by Gasteiger charge is -2.39. The van der Waals surface area contributed by atoms with Crippen molar-refractivity contribution in [3.05, 3.63) is 52.8 Å². The summed E-state index contributed by atoms with van der Waals surface area (Å²) in [4.78, 5) is 42.9. The minimum Gasteiger partial charge on any atom is -0.493 e. The third-order valence-electron chi connectivity index (χ3n) is 6.23. The third-order valence-corrected chi connectivity index (χ3v) is 6.23. The summed E-state index contributed by atoms with van der Waals surface area (Å²) in [7, 11) is 1.40. The second-order valence-corrected chi connectivity index (χ2v) is 9.19. The van der Waals surface area contributed by atoms with Gasteiger partial charge in [0.2, 0.25) is 6.79 Å². The van der Waals surface area contributed by atoms with Crippen molar-refractivity contribution in [3.8, 4) is 11.5 Å². The Hall–Kier alpha value is -3.62. The van der Waals surface area contributed by atoms with Gasteiger partial charge in [-0.15, -0.1) is 0 Å². The molecule has 1 amide bonds. The predicted molar refractivity (Wildman–Crippen MR) is 134 cm³/mol. The van der Waals surface area contributed by atoms with E-state index in [-0.39, 0.29) is 29.0 Å². The number of hydrogen-bond acceptors (Lipinski definition) is 7. The molecule has 0 aliphatic carbocycles. The molecular weight excluding hydrogens is 464 g/mol. The molecule has 1 heterocycles. The lowest BCUT2D eigenvalue weighted by Crippen LogP contribution is -2.51. The second kappa shape index (κ2) is 12.4. The Morgan fingerprint density at radius 3 is 2.28 bits per heavy atom. The Balaban J connectivity index is 2.61. The van der Waals surface area contributed by atoms with E-state index in [0.717, 1.165) is 16.7 Å². The number of aromatic nitrogens is 1. The highest BCUT2D eigenvalue weighted by molar-refractivity contribution is 5.98. The number of esters is 1. The Labute approximate surface area is 212 Å². The van der Waals surface area contributed by atoms with Crippen LogP contribution in [0.2, 0.25) is 0 Å². The summed E-state index contributed by atoms with van der Waals surface area (Å²) in [5, 5.41) is 9.92.